The van der Waals surface area contributed by atoms with E-state index in [0.29, 0.717) is 11.5 Å². The average Bonchev–Trinajstić information content (AvgIpc) is 2.66. The van der Waals surface area contributed by atoms with Gasteiger partial charge in [-0.25, -0.2) is 0 Å². The highest BCUT2D eigenvalue weighted by Crippen LogP contribution is 2.24. The number of thioether (sulfide) groups is 1. The number of allylic oxidation sites excluding steroid dienone is 2. The van der Waals surface area contributed by atoms with Gasteiger partial charge in [-0.05, 0) is 49.8 Å². The van der Waals surface area contributed by atoms with Gasteiger partial charge in [0, 0.05) is 4.90 Å². The zero-order valence-corrected chi connectivity index (χ0v) is 11.8. The third-order valence-corrected chi connectivity index (χ3v) is 4.53. The van der Waals surface area contributed by atoms with Crippen molar-refractivity contribution < 1.29 is 4.79 Å². The van der Waals surface area contributed by atoms with E-state index >= 15 is 0 Å². The summed E-state index contributed by atoms with van der Waals surface area (Å²) in [6.07, 6.45) is 7.89. The number of Topliss-reactive ketones (excluding diaryl/α,β-unsaturated/α-hetero) is 1. The number of ketones is 1. The average molecular weight is 260 g/mol. The third-order valence-electron chi connectivity index (χ3n) is 3.35. The Morgan fingerprint density at radius 2 is 2.06 bits per heavy atom. The van der Waals surface area contributed by atoms with Gasteiger partial charge in [-0.15, -0.1) is 11.8 Å². The standard InChI is InChI=1S/C16H20OS/c1-13-8-6-7-11-16(13)18-12-15(17)14-9-4-2-3-5-10-14/h6-9,11H,2-5,10,12H2,1H3. The molecule has 0 radical (unpaired) electrons. The normalized spacial score (nSPS) is 15.9. The number of aryl methyl sites for hydroxylation is 1. The molecule has 0 aromatic heterocycles. The Morgan fingerprint density at radius 3 is 2.89 bits per heavy atom. The fraction of sp³-hybridized carbons (Fsp3) is 0.438. The lowest BCUT2D eigenvalue weighted by atomic mass is 10.1. The second kappa shape index (κ2) is 6.79. The molecule has 2 rings (SSSR count). The van der Waals surface area contributed by atoms with Gasteiger partial charge in [-0.3, -0.25) is 4.79 Å². The molecule has 96 valence electrons. The zero-order valence-electron chi connectivity index (χ0n) is 10.9. The maximum atomic E-state index is 12.1. The van der Waals surface area contributed by atoms with E-state index in [0.717, 1.165) is 18.4 Å². The molecule has 0 saturated carbocycles. The lowest BCUT2D eigenvalue weighted by Crippen LogP contribution is -2.05. The van der Waals surface area contributed by atoms with Crippen molar-refractivity contribution in [3.05, 3.63) is 41.5 Å². The predicted molar refractivity (Wildman–Crippen MR) is 78.1 cm³/mol. The molecule has 0 aliphatic heterocycles. The first-order valence-corrected chi connectivity index (χ1v) is 7.66. The van der Waals surface area contributed by atoms with Gasteiger partial charge in [0.15, 0.2) is 5.78 Å². The van der Waals surface area contributed by atoms with Crippen LogP contribution >= 0.6 is 11.8 Å². The topological polar surface area (TPSA) is 17.1 Å². The van der Waals surface area contributed by atoms with E-state index in [9.17, 15) is 4.79 Å². The van der Waals surface area contributed by atoms with Crippen LogP contribution in [0.15, 0.2) is 40.8 Å². The summed E-state index contributed by atoms with van der Waals surface area (Å²) in [7, 11) is 0. The Bertz CT molecular complexity index is 448. The fourth-order valence-electron chi connectivity index (χ4n) is 2.22. The van der Waals surface area contributed by atoms with Crippen LogP contribution in [-0.4, -0.2) is 11.5 Å². The highest BCUT2D eigenvalue weighted by Gasteiger charge is 2.12. The molecular weight excluding hydrogens is 240 g/mol. The van der Waals surface area contributed by atoms with Crippen molar-refractivity contribution in [3.63, 3.8) is 0 Å². The van der Waals surface area contributed by atoms with E-state index in [2.05, 4.69) is 25.1 Å². The molecule has 1 aromatic rings. The van der Waals surface area contributed by atoms with Crippen molar-refractivity contribution in [2.75, 3.05) is 5.75 Å². The van der Waals surface area contributed by atoms with Crippen molar-refractivity contribution in [1.29, 1.82) is 0 Å². The van der Waals surface area contributed by atoms with Crippen molar-refractivity contribution in [2.24, 2.45) is 0 Å². The van der Waals surface area contributed by atoms with Crippen LogP contribution in [0.5, 0.6) is 0 Å². The first kappa shape index (κ1) is 13.4. The highest BCUT2D eigenvalue weighted by molar-refractivity contribution is 8.00. The highest BCUT2D eigenvalue weighted by atomic mass is 32.2. The van der Waals surface area contributed by atoms with Gasteiger partial charge in [-0.2, -0.15) is 0 Å². The van der Waals surface area contributed by atoms with E-state index in [1.54, 1.807) is 11.8 Å². The first-order chi connectivity index (χ1) is 8.77. The van der Waals surface area contributed by atoms with Crippen LogP contribution in [0.4, 0.5) is 0 Å². The predicted octanol–water partition coefficient (Wildman–Crippen LogP) is 4.55. The zero-order chi connectivity index (χ0) is 12.8. The number of benzene rings is 1. The van der Waals surface area contributed by atoms with Gasteiger partial charge < -0.3 is 0 Å². The monoisotopic (exact) mass is 260 g/mol. The van der Waals surface area contributed by atoms with Crippen LogP contribution in [0.1, 0.15) is 37.7 Å². The SMILES string of the molecule is Cc1ccccc1SCC(=O)C1=CCCCCC1. The van der Waals surface area contributed by atoms with Crippen LogP contribution in [0.25, 0.3) is 0 Å². The number of carbonyl (C=O) groups excluding carboxylic acids is 1. The minimum absolute atomic E-state index is 0.324. The Morgan fingerprint density at radius 1 is 1.22 bits per heavy atom. The number of hydrogen-bond acceptors (Lipinski definition) is 2. The molecule has 0 unspecified atom stereocenters. The van der Waals surface area contributed by atoms with Gasteiger partial charge in [0.1, 0.15) is 0 Å². The molecular formula is C16H20OS. The molecule has 0 bridgehead atoms. The van der Waals surface area contributed by atoms with Gasteiger partial charge in [-0.1, -0.05) is 30.7 Å². The maximum Gasteiger partial charge on any atom is 0.168 e. The molecule has 0 N–H and O–H groups in total. The van der Waals surface area contributed by atoms with Crippen molar-refractivity contribution in [1.82, 2.24) is 0 Å². The summed E-state index contributed by atoms with van der Waals surface area (Å²) in [5, 5.41) is 0. The van der Waals surface area contributed by atoms with E-state index in [4.69, 9.17) is 0 Å². The number of rotatable bonds is 4. The van der Waals surface area contributed by atoms with Gasteiger partial charge >= 0.3 is 0 Å². The Balaban J connectivity index is 1.92. The summed E-state index contributed by atoms with van der Waals surface area (Å²) in [4.78, 5) is 13.4. The lowest BCUT2D eigenvalue weighted by molar-refractivity contribution is -0.113. The van der Waals surface area contributed by atoms with Crippen molar-refractivity contribution >= 4 is 17.5 Å². The van der Waals surface area contributed by atoms with E-state index in [-0.39, 0.29) is 0 Å². The van der Waals surface area contributed by atoms with E-state index in [1.165, 1.54) is 29.7 Å². The van der Waals surface area contributed by atoms with Crippen molar-refractivity contribution in [2.45, 2.75) is 43.9 Å². The fourth-order valence-corrected chi connectivity index (χ4v) is 3.17. The summed E-state index contributed by atoms with van der Waals surface area (Å²) in [5.74, 6) is 0.904. The summed E-state index contributed by atoms with van der Waals surface area (Å²) in [6, 6.07) is 8.26. The Kier molecular flexibility index (Phi) is 5.06. The minimum atomic E-state index is 0.324. The lowest BCUT2D eigenvalue weighted by Gasteiger charge is -2.06. The smallest absolute Gasteiger partial charge is 0.168 e. The second-order valence-electron chi connectivity index (χ2n) is 4.81. The second-order valence-corrected chi connectivity index (χ2v) is 5.82. The van der Waals surface area contributed by atoms with Crippen LogP contribution < -0.4 is 0 Å². The Hall–Kier alpha value is -1.02. The molecule has 0 saturated heterocycles. The molecule has 0 atom stereocenters. The summed E-state index contributed by atoms with van der Waals surface area (Å²) >= 11 is 1.67. The maximum absolute atomic E-state index is 12.1. The molecule has 1 nitrogen and oxygen atoms in total. The summed E-state index contributed by atoms with van der Waals surface area (Å²) in [5.41, 5.74) is 2.32. The van der Waals surface area contributed by atoms with Crippen LogP contribution in [0, 0.1) is 6.92 Å². The largest absolute Gasteiger partial charge is 0.294 e. The summed E-state index contributed by atoms with van der Waals surface area (Å²) < 4.78 is 0. The third kappa shape index (κ3) is 3.74. The molecule has 1 aliphatic rings. The molecule has 0 fully saturated rings. The van der Waals surface area contributed by atoms with E-state index < -0.39 is 0 Å². The van der Waals surface area contributed by atoms with Crippen LogP contribution in [0.3, 0.4) is 0 Å². The molecule has 0 amide bonds. The van der Waals surface area contributed by atoms with Crippen LogP contribution in [0.2, 0.25) is 0 Å². The first-order valence-electron chi connectivity index (χ1n) is 6.68. The van der Waals surface area contributed by atoms with Gasteiger partial charge in [0.2, 0.25) is 0 Å². The van der Waals surface area contributed by atoms with Crippen molar-refractivity contribution in [3.8, 4) is 0 Å². The molecule has 18 heavy (non-hydrogen) atoms. The molecule has 2 heteroatoms. The minimum Gasteiger partial charge on any atom is -0.294 e. The van der Waals surface area contributed by atoms with Gasteiger partial charge in [0.25, 0.3) is 0 Å². The number of carbonyl (C=O) groups is 1. The van der Waals surface area contributed by atoms with E-state index in [1.807, 2.05) is 12.1 Å². The molecule has 1 aromatic carbocycles. The van der Waals surface area contributed by atoms with Crippen LogP contribution in [-0.2, 0) is 4.79 Å². The number of hydrogen-bond donors (Lipinski definition) is 0. The molecule has 1 aliphatic carbocycles. The Labute approximate surface area is 114 Å². The quantitative estimate of drug-likeness (QED) is 0.739. The van der Waals surface area contributed by atoms with Gasteiger partial charge in [0.05, 0.1) is 5.75 Å². The molecule has 0 heterocycles. The summed E-state index contributed by atoms with van der Waals surface area (Å²) in [6.45, 7) is 2.09. The molecule has 0 spiro atoms.